The second-order valence-electron chi connectivity index (χ2n) is 3.90. The van der Waals surface area contributed by atoms with Gasteiger partial charge >= 0.3 is 0 Å². The van der Waals surface area contributed by atoms with Crippen molar-refractivity contribution in [1.82, 2.24) is 5.32 Å². The Kier molecular flexibility index (Phi) is 4.81. The van der Waals surface area contributed by atoms with E-state index >= 15 is 0 Å². The third-order valence-electron chi connectivity index (χ3n) is 2.23. The zero-order chi connectivity index (χ0) is 13.9. The molecule has 7 heteroatoms. The summed E-state index contributed by atoms with van der Waals surface area (Å²) in [7, 11) is 0. The summed E-state index contributed by atoms with van der Waals surface area (Å²) in [5, 5.41) is 3.01. The molecule has 1 aromatic rings. The maximum Gasteiger partial charge on any atom is 0.251 e. The Labute approximate surface area is 114 Å². The van der Waals surface area contributed by atoms with Gasteiger partial charge in [0, 0.05) is 18.0 Å². The molecule has 0 saturated carbocycles. The van der Waals surface area contributed by atoms with Gasteiger partial charge in [-0.05, 0) is 19.1 Å². The van der Waals surface area contributed by atoms with Crippen LogP contribution in [0.15, 0.2) is 12.1 Å². The molecule has 0 heterocycles. The lowest BCUT2D eigenvalue weighted by molar-refractivity contribution is -0.118. The number of anilines is 1. The fourth-order valence-electron chi connectivity index (χ4n) is 1.38. The Balaban J connectivity index is 2.82. The number of amides is 2. The number of carbonyl (C=O) groups is 2. The third kappa shape index (κ3) is 3.78. The first-order chi connectivity index (χ1) is 8.31. The van der Waals surface area contributed by atoms with Gasteiger partial charge < -0.3 is 16.8 Å². The van der Waals surface area contributed by atoms with E-state index in [-0.39, 0.29) is 33.8 Å². The zero-order valence-corrected chi connectivity index (χ0v) is 11.2. The first-order valence-electron chi connectivity index (χ1n) is 5.15. The highest BCUT2D eigenvalue weighted by atomic mass is 35.5. The predicted octanol–water partition coefficient (Wildman–Crippen LogP) is 1.57. The van der Waals surface area contributed by atoms with Gasteiger partial charge in [-0.3, -0.25) is 9.59 Å². The summed E-state index contributed by atoms with van der Waals surface area (Å²) in [5.41, 5.74) is 11.1. The molecular weight excluding hydrogens is 277 g/mol. The van der Waals surface area contributed by atoms with Crippen molar-refractivity contribution in [2.24, 2.45) is 5.73 Å². The van der Waals surface area contributed by atoms with Crippen molar-refractivity contribution >= 4 is 40.7 Å². The average molecular weight is 290 g/mol. The van der Waals surface area contributed by atoms with Gasteiger partial charge in [0.2, 0.25) is 5.91 Å². The SMILES string of the molecule is CC(CC(N)=O)NC(=O)c1cc(Cl)c(N)c(Cl)c1. The standard InChI is InChI=1S/C11H13Cl2N3O2/c1-5(2-9(14)17)16-11(18)6-3-7(12)10(15)8(13)4-6/h3-5H,2,15H2,1H3,(H2,14,17)(H,16,18). The van der Waals surface area contributed by atoms with Gasteiger partial charge in [-0.2, -0.15) is 0 Å². The van der Waals surface area contributed by atoms with E-state index in [1.54, 1.807) is 6.92 Å². The number of halogens is 2. The molecule has 0 radical (unpaired) electrons. The largest absolute Gasteiger partial charge is 0.396 e. The fraction of sp³-hybridized carbons (Fsp3) is 0.273. The Morgan fingerprint density at radius 1 is 1.33 bits per heavy atom. The van der Waals surface area contributed by atoms with Crippen LogP contribution >= 0.6 is 23.2 Å². The van der Waals surface area contributed by atoms with E-state index in [1.165, 1.54) is 12.1 Å². The van der Waals surface area contributed by atoms with Gasteiger partial charge in [-0.25, -0.2) is 0 Å². The van der Waals surface area contributed by atoms with Crippen LogP contribution in [0.1, 0.15) is 23.7 Å². The van der Waals surface area contributed by atoms with Crippen LogP contribution < -0.4 is 16.8 Å². The summed E-state index contributed by atoms with van der Waals surface area (Å²) in [5.74, 6) is -0.885. The molecule has 0 aromatic heterocycles. The summed E-state index contributed by atoms with van der Waals surface area (Å²) in [6.45, 7) is 1.67. The molecule has 0 bridgehead atoms. The number of benzene rings is 1. The van der Waals surface area contributed by atoms with Gasteiger partial charge in [0.1, 0.15) is 0 Å². The van der Waals surface area contributed by atoms with Crippen molar-refractivity contribution in [3.05, 3.63) is 27.7 Å². The van der Waals surface area contributed by atoms with E-state index in [9.17, 15) is 9.59 Å². The number of carbonyl (C=O) groups excluding carboxylic acids is 2. The first kappa shape index (κ1) is 14.6. The van der Waals surface area contributed by atoms with Crippen LogP contribution in [0.4, 0.5) is 5.69 Å². The number of nitrogens with two attached hydrogens (primary N) is 2. The molecule has 98 valence electrons. The van der Waals surface area contributed by atoms with E-state index in [1.807, 2.05) is 0 Å². The summed E-state index contributed by atoms with van der Waals surface area (Å²) in [6.07, 6.45) is 0.0577. The summed E-state index contributed by atoms with van der Waals surface area (Å²) in [6, 6.07) is 2.45. The van der Waals surface area contributed by atoms with Crippen LogP contribution in [-0.2, 0) is 4.79 Å². The molecule has 0 aliphatic heterocycles. The molecule has 0 aliphatic carbocycles. The van der Waals surface area contributed by atoms with Gasteiger partial charge in [0.25, 0.3) is 5.91 Å². The fourth-order valence-corrected chi connectivity index (χ4v) is 1.86. The molecule has 5 N–H and O–H groups in total. The Morgan fingerprint density at radius 3 is 2.28 bits per heavy atom. The number of nitrogens with one attached hydrogen (secondary N) is 1. The lowest BCUT2D eigenvalue weighted by Gasteiger charge is -2.13. The highest BCUT2D eigenvalue weighted by Crippen LogP contribution is 2.28. The Morgan fingerprint density at radius 2 is 1.83 bits per heavy atom. The third-order valence-corrected chi connectivity index (χ3v) is 2.85. The van der Waals surface area contributed by atoms with E-state index in [4.69, 9.17) is 34.7 Å². The predicted molar refractivity (Wildman–Crippen MR) is 71.6 cm³/mol. The molecule has 1 atom stereocenters. The van der Waals surface area contributed by atoms with E-state index in [0.717, 1.165) is 0 Å². The summed E-state index contributed by atoms with van der Waals surface area (Å²) >= 11 is 11.6. The molecule has 1 rings (SSSR count). The van der Waals surface area contributed by atoms with Crippen LogP contribution in [0.3, 0.4) is 0 Å². The molecule has 1 aromatic carbocycles. The van der Waals surface area contributed by atoms with Crippen LogP contribution in [-0.4, -0.2) is 17.9 Å². The van der Waals surface area contributed by atoms with Gasteiger partial charge in [0.15, 0.2) is 0 Å². The normalized spacial score (nSPS) is 11.9. The van der Waals surface area contributed by atoms with Crippen LogP contribution in [0.2, 0.25) is 10.0 Å². The summed E-state index contributed by atoms with van der Waals surface area (Å²) in [4.78, 5) is 22.5. The molecular formula is C11H13Cl2N3O2. The monoisotopic (exact) mass is 289 g/mol. The highest BCUT2D eigenvalue weighted by molar-refractivity contribution is 6.39. The van der Waals surface area contributed by atoms with Crippen LogP contribution in [0, 0.1) is 0 Å². The second kappa shape index (κ2) is 5.93. The highest BCUT2D eigenvalue weighted by Gasteiger charge is 2.14. The minimum absolute atomic E-state index is 0.0577. The van der Waals surface area contributed by atoms with Crippen molar-refractivity contribution in [2.75, 3.05) is 5.73 Å². The van der Waals surface area contributed by atoms with Gasteiger partial charge in [0.05, 0.1) is 15.7 Å². The van der Waals surface area contributed by atoms with Crippen molar-refractivity contribution < 1.29 is 9.59 Å². The number of nitrogen functional groups attached to an aromatic ring is 1. The molecule has 18 heavy (non-hydrogen) atoms. The van der Waals surface area contributed by atoms with Crippen LogP contribution in [0.5, 0.6) is 0 Å². The number of primary amides is 1. The maximum absolute atomic E-state index is 11.8. The number of hydrogen-bond acceptors (Lipinski definition) is 3. The maximum atomic E-state index is 11.8. The molecule has 2 amide bonds. The number of rotatable bonds is 4. The molecule has 0 spiro atoms. The van der Waals surface area contributed by atoms with E-state index in [0.29, 0.717) is 0 Å². The molecule has 0 aliphatic rings. The Bertz CT molecular complexity index is 468. The van der Waals surface area contributed by atoms with Crippen molar-refractivity contribution in [3.63, 3.8) is 0 Å². The molecule has 0 saturated heterocycles. The minimum atomic E-state index is -0.490. The van der Waals surface area contributed by atoms with Crippen molar-refractivity contribution in [3.8, 4) is 0 Å². The van der Waals surface area contributed by atoms with Crippen molar-refractivity contribution in [1.29, 1.82) is 0 Å². The quantitative estimate of drug-likeness (QED) is 0.734. The average Bonchev–Trinajstić information content (AvgIpc) is 2.23. The van der Waals surface area contributed by atoms with Gasteiger partial charge in [-0.15, -0.1) is 0 Å². The first-order valence-corrected chi connectivity index (χ1v) is 5.90. The second-order valence-corrected chi connectivity index (χ2v) is 4.71. The van der Waals surface area contributed by atoms with E-state index < -0.39 is 11.8 Å². The van der Waals surface area contributed by atoms with Gasteiger partial charge in [-0.1, -0.05) is 23.2 Å². The smallest absolute Gasteiger partial charge is 0.251 e. The lowest BCUT2D eigenvalue weighted by Crippen LogP contribution is -2.35. The lowest BCUT2D eigenvalue weighted by atomic mass is 10.1. The van der Waals surface area contributed by atoms with Crippen LogP contribution in [0.25, 0.3) is 0 Å². The minimum Gasteiger partial charge on any atom is -0.396 e. The molecule has 5 nitrogen and oxygen atoms in total. The van der Waals surface area contributed by atoms with E-state index in [2.05, 4.69) is 5.32 Å². The number of hydrogen-bond donors (Lipinski definition) is 3. The molecule has 0 fully saturated rings. The zero-order valence-electron chi connectivity index (χ0n) is 9.67. The summed E-state index contributed by atoms with van der Waals surface area (Å²) < 4.78 is 0. The Hall–Kier alpha value is -1.46. The topological polar surface area (TPSA) is 98.2 Å². The van der Waals surface area contributed by atoms with Crippen molar-refractivity contribution in [2.45, 2.75) is 19.4 Å². The molecule has 1 unspecified atom stereocenters.